The second kappa shape index (κ2) is 5.84. The number of amides is 1. The van der Waals surface area contributed by atoms with E-state index >= 15 is 0 Å². The van der Waals surface area contributed by atoms with Crippen LogP contribution in [0, 0.1) is 13.8 Å². The first kappa shape index (κ1) is 16.6. The van der Waals surface area contributed by atoms with Gasteiger partial charge in [-0.2, -0.15) is 0 Å². The predicted octanol–water partition coefficient (Wildman–Crippen LogP) is 2.08. The van der Waals surface area contributed by atoms with Crippen LogP contribution in [0.2, 0.25) is 0 Å². The summed E-state index contributed by atoms with van der Waals surface area (Å²) in [7, 11) is 0. The molecular formula is C18H16N6O3. The van der Waals surface area contributed by atoms with Crippen LogP contribution in [0.4, 0.5) is 5.82 Å². The zero-order valence-corrected chi connectivity index (χ0v) is 14.6. The van der Waals surface area contributed by atoms with Crippen molar-refractivity contribution in [1.29, 1.82) is 0 Å². The summed E-state index contributed by atoms with van der Waals surface area (Å²) in [5.41, 5.74) is 14.8. The van der Waals surface area contributed by atoms with E-state index in [1.54, 1.807) is 23.6 Å². The number of hydrogen-bond donors (Lipinski definition) is 3. The number of benzene rings is 1. The van der Waals surface area contributed by atoms with Gasteiger partial charge in [0.1, 0.15) is 34.6 Å². The Morgan fingerprint density at radius 1 is 1.26 bits per heavy atom. The Labute approximate surface area is 153 Å². The molecule has 0 atom stereocenters. The number of aromatic nitrogens is 4. The Bertz CT molecular complexity index is 1190. The lowest BCUT2D eigenvalue weighted by atomic mass is 10.1. The second-order valence-electron chi connectivity index (χ2n) is 6.10. The van der Waals surface area contributed by atoms with Crippen molar-refractivity contribution in [2.45, 2.75) is 13.8 Å². The minimum atomic E-state index is -0.731. The third-order valence-corrected chi connectivity index (χ3v) is 4.42. The molecule has 9 heteroatoms. The van der Waals surface area contributed by atoms with Crippen molar-refractivity contribution in [3.05, 3.63) is 47.5 Å². The number of carbonyl (C=O) groups excluding carboxylic acids is 1. The normalized spacial score (nSPS) is 11.2. The third kappa shape index (κ3) is 2.40. The first-order valence-corrected chi connectivity index (χ1v) is 8.06. The van der Waals surface area contributed by atoms with Crippen LogP contribution in [0.15, 0.2) is 35.2 Å². The van der Waals surface area contributed by atoms with E-state index in [9.17, 15) is 9.90 Å². The van der Waals surface area contributed by atoms with E-state index < -0.39 is 5.91 Å². The van der Waals surface area contributed by atoms with E-state index in [1.165, 1.54) is 18.7 Å². The molecule has 0 aliphatic rings. The first-order chi connectivity index (χ1) is 12.9. The van der Waals surface area contributed by atoms with E-state index in [-0.39, 0.29) is 28.5 Å². The molecule has 1 amide bonds. The molecule has 9 nitrogen and oxygen atoms in total. The second-order valence-corrected chi connectivity index (χ2v) is 6.10. The number of aryl methyl sites for hydroxylation is 1. The van der Waals surface area contributed by atoms with Gasteiger partial charge in [0.25, 0.3) is 5.91 Å². The summed E-state index contributed by atoms with van der Waals surface area (Å²) >= 11 is 0. The number of aromatic hydroxyl groups is 1. The summed E-state index contributed by atoms with van der Waals surface area (Å²) in [4.78, 5) is 25.0. The van der Waals surface area contributed by atoms with Crippen LogP contribution in [-0.4, -0.2) is 30.5 Å². The van der Waals surface area contributed by atoms with Crippen LogP contribution >= 0.6 is 0 Å². The van der Waals surface area contributed by atoms with Crippen molar-refractivity contribution in [2.75, 3.05) is 5.73 Å². The van der Waals surface area contributed by atoms with Crippen molar-refractivity contribution < 1.29 is 14.3 Å². The lowest BCUT2D eigenvalue weighted by molar-refractivity contribution is 0.100. The summed E-state index contributed by atoms with van der Waals surface area (Å²) in [6.45, 7) is 3.62. The molecule has 0 bridgehead atoms. The molecule has 0 saturated carbocycles. The Morgan fingerprint density at radius 3 is 2.70 bits per heavy atom. The molecule has 3 heterocycles. The molecule has 0 radical (unpaired) electrons. The summed E-state index contributed by atoms with van der Waals surface area (Å²) in [5, 5.41) is 10.1. The number of rotatable bonds is 3. The van der Waals surface area contributed by atoms with Crippen molar-refractivity contribution in [3.63, 3.8) is 0 Å². The number of primary amides is 1. The van der Waals surface area contributed by atoms with Gasteiger partial charge < -0.3 is 21.0 Å². The van der Waals surface area contributed by atoms with Crippen LogP contribution in [0.25, 0.3) is 28.4 Å². The van der Waals surface area contributed by atoms with E-state index in [4.69, 9.17) is 15.9 Å². The number of hydrogen-bond acceptors (Lipinski definition) is 7. The van der Waals surface area contributed by atoms with E-state index in [0.29, 0.717) is 22.6 Å². The third-order valence-electron chi connectivity index (χ3n) is 4.42. The van der Waals surface area contributed by atoms with Gasteiger partial charge in [0.05, 0.1) is 18.1 Å². The number of nitrogens with two attached hydrogens (primary N) is 2. The zero-order chi connectivity index (χ0) is 19.3. The van der Waals surface area contributed by atoms with Crippen LogP contribution in [-0.2, 0) is 0 Å². The molecule has 3 aromatic heterocycles. The van der Waals surface area contributed by atoms with Gasteiger partial charge in [-0.15, -0.1) is 0 Å². The molecule has 1 aromatic carbocycles. The smallest absolute Gasteiger partial charge is 0.254 e. The summed E-state index contributed by atoms with van der Waals surface area (Å²) in [6, 6.07) is 3.35. The van der Waals surface area contributed by atoms with Crippen molar-refractivity contribution >= 4 is 22.9 Å². The minimum absolute atomic E-state index is 0.0491. The highest BCUT2D eigenvalue weighted by atomic mass is 16.3. The average Bonchev–Trinajstić information content (AvgIpc) is 3.25. The monoisotopic (exact) mass is 364 g/mol. The molecule has 0 unspecified atom stereocenters. The van der Waals surface area contributed by atoms with Crippen LogP contribution in [0.5, 0.6) is 5.75 Å². The summed E-state index contributed by atoms with van der Waals surface area (Å²) < 4.78 is 6.82. The molecule has 0 fully saturated rings. The minimum Gasteiger partial charge on any atom is -0.508 e. The van der Waals surface area contributed by atoms with Gasteiger partial charge >= 0.3 is 0 Å². The quantitative estimate of drug-likeness (QED) is 0.504. The average molecular weight is 364 g/mol. The maximum absolute atomic E-state index is 12.1. The number of nitrogens with zero attached hydrogens (tertiary/aromatic N) is 4. The summed E-state index contributed by atoms with van der Waals surface area (Å²) in [6.07, 6.45) is 4.37. The highest BCUT2D eigenvalue weighted by Crippen LogP contribution is 2.35. The predicted molar refractivity (Wildman–Crippen MR) is 98.4 cm³/mol. The fourth-order valence-corrected chi connectivity index (χ4v) is 3.15. The van der Waals surface area contributed by atoms with Gasteiger partial charge in [-0.05, 0) is 25.5 Å². The van der Waals surface area contributed by atoms with Gasteiger partial charge in [-0.25, -0.2) is 15.0 Å². The molecule has 4 rings (SSSR count). The Balaban J connectivity index is 2.10. The van der Waals surface area contributed by atoms with Crippen LogP contribution in [0.3, 0.4) is 0 Å². The van der Waals surface area contributed by atoms with Crippen LogP contribution < -0.4 is 11.5 Å². The SMILES string of the molecule is Cc1ccc(O)c(C)c1-n1c(N)c(C(N)=O)c2nc(-c3ncco3)cnc21. The zero-order valence-electron chi connectivity index (χ0n) is 14.6. The van der Waals surface area contributed by atoms with Gasteiger partial charge in [-0.1, -0.05) is 6.07 Å². The first-order valence-electron chi connectivity index (χ1n) is 8.06. The lowest BCUT2D eigenvalue weighted by Gasteiger charge is -2.15. The maximum atomic E-state index is 12.1. The maximum Gasteiger partial charge on any atom is 0.254 e. The Morgan fingerprint density at radius 2 is 2.04 bits per heavy atom. The lowest BCUT2D eigenvalue weighted by Crippen LogP contribution is -2.14. The van der Waals surface area contributed by atoms with E-state index in [0.717, 1.165) is 5.56 Å². The molecule has 5 N–H and O–H groups in total. The number of anilines is 1. The molecule has 0 spiro atoms. The number of carbonyl (C=O) groups is 1. The molecule has 0 aliphatic heterocycles. The number of phenolic OH excluding ortho intramolecular Hbond substituents is 1. The standard InChI is InChI=1S/C18H16N6O3/c1-8-3-4-11(25)9(2)14(8)24-15(19)12(16(20)26)13-17(24)22-7-10(23-13)18-21-5-6-27-18/h3-7,25H,19H2,1-2H3,(H2,20,26). The van der Waals surface area contributed by atoms with E-state index in [1.807, 2.05) is 6.92 Å². The Hall–Kier alpha value is -3.88. The number of phenols is 1. The van der Waals surface area contributed by atoms with Crippen LogP contribution in [0.1, 0.15) is 21.5 Å². The molecule has 0 aliphatic carbocycles. The molecule has 27 heavy (non-hydrogen) atoms. The number of oxazole rings is 1. The van der Waals surface area contributed by atoms with Crippen molar-refractivity contribution in [1.82, 2.24) is 19.5 Å². The van der Waals surface area contributed by atoms with Gasteiger partial charge in [0.15, 0.2) is 5.65 Å². The number of fused-ring (bicyclic) bond motifs is 1. The molecule has 136 valence electrons. The number of nitrogen functional groups attached to an aromatic ring is 1. The van der Waals surface area contributed by atoms with Gasteiger partial charge in [0, 0.05) is 5.56 Å². The summed E-state index contributed by atoms with van der Waals surface area (Å²) in [5.74, 6) is -0.276. The fourth-order valence-electron chi connectivity index (χ4n) is 3.15. The Kier molecular flexibility index (Phi) is 3.58. The highest BCUT2D eigenvalue weighted by molar-refractivity contribution is 6.09. The highest BCUT2D eigenvalue weighted by Gasteiger charge is 2.25. The fraction of sp³-hybridized carbons (Fsp3) is 0.111. The van der Waals surface area contributed by atoms with Gasteiger partial charge in [-0.3, -0.25) is 9.36 Å². The van der Waals surface area contributed by atoms with Crippen molar-refractivity contribution in [3.8, 4) is 23.0 Å². The van der Waals surface area contributed by atoms with Crippen molar-refractivity contribution in [2.24, 2.45) is 5.73 Å². The molecule has 4 aromatic rings. The largest absolute Gasteiger partial charge is 0.508 e. The van der Waals surface area contributed by atoms with Gasteiger partial charge in [0.2, 0.25) is 5.89 Å². The molecular weight excluding hydrogens is 348 g/mol. The molecule has 0 saturated heterocycles. The van der Waals surface area contributed by atoms with E-state index in [2.05, 4.69) is 15.0 Å². The topological polar surface area (TPSA) is 146 Å².